The van der Waals surface area contributed by atoms with Gasteiger partial charge in [0.05, 0.1) is 0 Å². The van der Waals surface area contributed by atoms with Crippen LogP contribution in [0.5, 0.6) is 0 Å². The lowest BCUT2D eigenvalue weighted by atomic mass is 9.80. The molecule has 2 N–H and O–H groups in total. The van der Waals surface area contributed by atoms with Gasteiger partial charge in [-0.3, -0.25) is 4.79 Å². The van der Waals surface area contributed by atoms with Gasteiger partial charge in [0.15, 0.2) is 0 Å². The van der Waals surface area contributed by atoms with E-state index in [1.165, 1.54) is 0 Å². The molecule has 1 saturated heterocycles. The van der Waals surface area contributed by atoms with Crippen molar-refractivity contribution in [2.45, 2.75) is 76.5 Å². The summed E-state index contributed by atoms with van der Waals surface area (Å²) in [5.74, 6) is -1.36. The number of alkyl halides is 4. The Morgan fingerprint density at radius 2 is 1.86 bits per heavy atom. The molecule has 1 aromatic carbocycles. The highest BCUT2D eigenvalue weighted by Crippen LogP contribution is 2.38. The van der Waals surface area contributed by atoms with E-state index in [1.54, 1.807) is 0 Å². The Morgan fingerprint density at radius 1 is 1.21 bits per heavy atom. The van der Waals surface area contributed by atoms with Crippen molar-refractivity contribution < 1.29 is 27.5 Å². The minimum absolute atomic E-state index is 0.0325. The summed E-state index contributed by atoms with van der Waals surface area (Å²) in [5, 5.41) is 13.0. The van der Waals surface area contributed by atoms with E-state index >= 15 is 0 Å². The van der Waals surface area contributed by atoms with Crippen LogP contribution >= 0.6 is 0 Å². The van der Waals surface area contributed by atoms with Crippen LogP contribution in [-0.2, 0) is 23.2 Å². The molecule has 0 bridgehead atoms. The molecule has 29 heavy (non-hydrogen) atoms. The fourth-order valence-electron chi connectivity index (χ4n) is 3.97. The predicted molar refractivity (Wildman–Crippen MR) is 101 cm³/mol. The Hall–Kier alpha value is -1.67. The van der Waals surface area contributed by atoms with Crippen LogP contribution in [0.1, 0.15) is 62.4 Å². The first-order valence-electron chi connectivity index (χ1n) is 9.84. The Kier molecular flexibility index (Phi) is 5.49. The van der Waals surface area contributed by atoms with E-state index in [2.05, 4.69) is 26.1 Å². The molecule has 162 valence electrons. The van der Waals surface area contributed by atoms with Gasteiger partial charge >= 0.3 is 6.18 Å². The van der Waals surface area contributed by atoms with E-state index in [-0.39, 0.29) is 37.5 Å². The molecule has 2 aliphatic heterocycles. The number of nitrogens with zero attached hydrogens (tertiary/aromatic N) is 1. The van der Waals surface area contributed by atoms with Crippen LogP contribution in [0.3, 0.4) is 0 Å². The lowest BCUT2D eigenvalue weighted by Crippen LogP contribution is -2.56. The van der Waals surface area contributed by atoms with Gasteiger partial charge in [-0.1, -0.05) is 32.9 Å². The van der Waals surface area contributed by atoms with E-state index in [9.17, 15) is 27.5 Å². The summed E-state index contributed by atoms with van der Waals surface area (Å²) < 4.78 is 53.2. The summed E-state index contributed by atoms with van der Waals surface area (Å²) in [6.45, 7) is 6.97. The average Bonchev–Trinajstić information content (AvgIpc) is 3.04. The summed E-state index contributed by atoms with van der Waals surface area (Å²) in [7, 11) is 0. The molecule has 1 fully saturated rings. The smallest absolute Gasteiger partial charge is 0.373 e. The standard InChI is InChI=1S/C21H28F4N2O2/c1-19(2,3)13-7-12-5-6-27(18(28)20(4,29)21(23,24)25)11-16(12)15(8-13)17-9-14(22)10-26-17/h7-8,14,17,26,29H,5-6,9-11H2,1-4H3/t14-,17-,20-/m0/s1. The number of nitrogens with one attached hydrogen (secondary N) is 1. The second-order valence-electron chi connectivity index (χ2n) is 9.29. The molecule has 0 radical (unpaired) electrons. The van der Waals surface area contributed by atoms with Crippen molar-refractivity contribution in [1.29, 1.82) is 0 Å². The Bertz CT molecular complexity index is 799. The zero-order valence-electron chi connectivity index (χ0n) is 17.2. The molecule has 3 rings (SSSR count). The average molecular weight is 416 g/mol. The minimum Gasteiger partial charge on any atom is -0.373 e. The monoisotopic (exact) mass is 416 g/mol. The molecule has 0 saturated carbocycles. The fraction of sp³-hybridized carbons (Fsp3) is 0.667. The van der Waals surface area contributed by atoms with E-state index in [4.69, 9.17) is 0 Å². The summed E-state index contributed by atoms with van der Waals surface area (Å²) in [4.78, 5) is 13.5. The highest BCUT2D eigenvalue weighted by Gasteiger charge is 2.57. The number of benzene rings is 1. The SMILES string of the molecule is CC(C)(C)c1cc2c(c([C@@H]3C[C@H](F)CN3)c1)CN(C(=O)[C@](C)(O)C(F)(F)F)CC2. The van der Waals surface area contributed by atoms with E-state index < -0.39 is 23.9 Å². The van der Waals surface area contributed by atoms with E-state index in [1.807, 2.05) is 12.1 Å². The van der Waals surface area contributed by atoms with Crippen LogP contribution in [0.15, 0.2) is 12.1 Å². The maximum absolute atomic E-state index is 13.8. The number of amides is 1. The number of carbonyl (C=O) groups excluding carboxylic acids is 1. The quantitative estimate of drug-likeness (QED) is 0.725. The summed E-state index contributed by atoms with van der Waals surface area (Å²) in [6.07, 6.45) is -5.37. The first-order valence-corrected chi connectivity index (χ1v) is 9.84. The van der Waals surface area contributed by atoms with Crippen LogP contribution < -0.4 is 5.32 Å². The van der Waals surface area contributed by atoms with E-state index in [0.29, 0.717) is 13.3 Å². The van der Waals surface area contributed by atoms with Gasteiger partial charge in [0, 0.05) is 25.7 Å². The third kappa shape index (κ3) is 4.14. The van der Waals surface area contributed by atoms with Crippen molar-refractivity contribution in [2.24, 2.45) is 0 Å². The molecule has 3 atom stereocenters. The Labute approximate surface area is 168 Å². The van der Waals surface area contributed by atoms with E-state index in [0.717, 1.165) is 27.2 Å². The molecule has 0 aromatic heterocycles. The van der Waals surface area contributed by atoms with Gasteiger partial charge < -0.3 is 15.3 Å². The predicted octanol–water partition coefficient (Wildman–Crippen LogP) is 3.55. The molecule has 4 nitrogen and oxygen atoms in total. The molecule has 2 heterocycles. The number of hydrogen-bond acceptors (Lipinski definition) is 3. The molecule has 0 aliphatic carbocycles. The zero-order valence-corrected chi connectivity index (χ0v) is 17.2. The van der Waals surface area contributed by atoms with Crippen molar-refractivity contribution >= 4 is 5.91 Å². The van der Waals surface area contributed by atoms with Gasteiger partial charge in [0.1, 0.15) is 6.17 Å². The van der Waals surface area contributed by atoms with Crippen molar-refractivity contribution in [3.05, 3.63) is 34.4 Å². The molecule has 2 aliphatic rings. The second kappa shape index (κ2) is 7.23. The maximum Gasteiger partial charge on any atom is 0.426 e. The summed E-state index contributed by atoms with van der Waals surface area (Å²) >= 11 is 0. The van der Waals surface area contributed by atoms with Crippen molar-refractivity contribution in [2.75, 3.05) is 13.1 Å². The molecular formula is C21H28F4N2O2. The molecular weight excluding hydrogens is 388 g/mol. The van der Waals surface area contributed by atoms with Crippen molar-refractivity contribution in [3.63, 3.8) is 0 Å². The van der Waals surface area contributed by atoms with Gasteiger partial charge in [0.2, 0.25) is 5.60 Å². The summed E-state index contributed by atoms with van der Waals surface area (Å²) in [6, 6.07) is 3.76. The molecule has 8 heteroatoms. The van der Waals surface area contributed by atoms with Crippen molar-refractivity contribution in [1.82, 2.24) is 10.2 Å². The molecule has 1 amide bonds. The maximum atomic E-state index is 13.8. The number of carbonyl (C=O) groups is 1. The zero-order chi connectivity index (χ0) is 21.8. The van der Waals surface area contributed by atoms with Gasteiger partial charge in [-0.15, -0.1) is 0 Å². The molecule has 0 unspecified atom stereocenters. The Morgan fingerprint density at radius 3 is 2.38 bits per heavy atom. The van der Waals surface area contributed by atoms with Crippen LogP contribution in [0.4, 0.5) is 17.6 Å². The van der Waals surface area contributed by atoms with Crippen LogP contribution in [0.2, 0.25) is 0 Å². The van der Waals surface area contributed by atoms with Gasteiger partial charge in [-0.25, -0.2) is 4.39 Å². The topological polar surface area (TPSA) is 52.6 Å². The molecule has 1 aromatic rings. The van der Waals surface area contributed by atoms with Crippen LogP contribution in [0.25, 0.3) is 0 Å². The third-order valence-electron chi connectivity index (χ3n) is 5.95. The fourth-order valence-corrected chi connectivity index (χ4v) is 3.97. The first-order chi connectivity index (χ1) is 13.2. The minimum atomic E-state index is -5.06. The highest BCUT2D eigenvalue weighted by atomic mass is 19.4. The Balaban J connectivity index is 2.00. The number of rotatable bonds is 2. The van der Waals surface area contributed by atoms with Gasteiger partial charge in [-0.05, 0) is 47.4 Å². The van der Waals surface area contributed by atoms with Crippen LogP contribution in [-0.4, -0.2) is 47.0 Å². The molecule has 0 spiro atoms. The highest BCUT2D eigenvalue weighted by molar-refractivity contribution is 5.85. The number of hydrogen-bond donors (Lipinski definition) is 2. The van der Waals surface area contributed by atoms with Gasteiger partial charge in [-0.2, -0.15) is 13.2 Å². The third-order valence-corrected chi connectivity index (χ3v) is 5.95. The number of halogens is 4. The normalized spacial score (nSPS) is 24.9. The largest absolute Gasteiger partial charge is 0.426 e. The first kappa shape index (κ1) is 22.0. The lowest BCUT2D eigenvalue weighted by Gasteiger charge is -2.37. The number of fused-ring (bicyclic) bond motifs is 1. The lowest BCUT2D eigenvalue weighted by molar-refractivity contribution is -0.250. The number of aliphatic hydroxyl groups is 1. The summed E-state index contributed by atoms with van der Waals surface area (Å²) in [5.41, 5.74) is 0.0272. The van der Waals surface area contributed by atoms with Crippen LogP contribution in [0, 0.1) is 0 Å². The van der Waals surface area contributed by atoms with Crippen molar-refractivity contribution in [3.8, 4) is 0 Å². The second-order valence-corrected chi connectivity index (χ2v) is 9.29. The van der Waals surface area contributed by atoms with Gasteiger partial charge in [0.25, 0.3) is 5.91 Å².